The molecule has 0 fully saturated rings. The van der Waals surface area contributed by atoms with Gasteiger partial charge in [-0.3, -0.25) is 4.79 Å². The first-order valence-electron chi connectivity index (χ1n) is 5.57. The molecule has 3 N–H and O–H groups in total. The highest BCUT2D eigenvalue weighted by Crippen LogP contribution is 2.21. The molecule has 0 aliphatic heterocycles. The SMILES string of the molecule is Cc1cc(=O)[nH]cc1-c1cccc(C(O)CO)n1. The van der Waals surface area contributed by atoms with Gasteiger partial charge >= 0.3 is 0 Å². The smallest absolute Gasteiger partial charge is 0.248 e. The highest BCUT2D eigenvalue weighted by Gasteiger charge is 2.10. The number of aromatic amines is 1. The maximum Gasteiger partial charge on any atom is 0.248 e. The molecule has 94 valence electrons. The van der Waals surface area contributed by atoms with Gasteiger partial charge < -0.3 is 15.2 Å². The van der Waals surface area contributed by atoms with Crippen molar-refractivity contribution in [2.45, 2.75) is 13.0 Å². The Kier molecular flexibility index (Phi) is 3.55. The zero-order chi connectivity index (χ0) is 13.1. The quantitative estimate of drug-likeness (QED) is 0.746. The zero-order valence-corrected chi connectivity index (χ0v) is 9.92. The molecule has 0 amide bonds. The molecule has 0 aliphatic carbocycles. The van der Waals surface area contributed by atoms with Crippen LogP contribution in [0.3, 0.4) is 0 Å². The highest BCUT2D eigenvalue weighted by atomic mass is 16.3. The molecule has 0 spiro atoms. The number of H-pyrrole nitrogens is 1. The van der Waals surface area contributed by atoms with E-state index in [1.807, 2.05) is 6.92 Å². The Morgan fingerprint density at radius 2 is 2.22 bits per heavy atom. The lowest BCUT2D eigenvalue weighted by atomic mass is 10.1. The molecule has 1 atom stereocenters. The molecule has 5 heteroatoms. The minimum absolute atomic E-state index is 0.164. The number of nitrogens with one attached hydrogen (secondary N) is 1. The number of nitrogens with zero attached hydrogens (tertiary/aromatic N) is 1. The Bertz CT molecular complexity index is 607. The lowest BCUT2D eigenvalue weighted by molar-refractivity contribution is 0.0923. The van der Waals surface area contributed by atoms with Gasteiger partial charge in [0.05, 0.1) is 18.0 Å². The minimum Gasteiger partial charge on any atom is -0.393 e. The second-order valence-corrected chi connectivity index (χ2v) is 4.04. The number of rotatable bonds is 3. The van der Waals surface area contributed by atoms with Crippen molar-refractivity contribution in [3.05, 3.63) is 52.1 Å². The molecule has 2 rings (SSSR count). The van der Waals surface area contributed by atoms with Crippen LogP contribution in [0, 0.1) is 6.92 Å². The maximum absolute atomic E-state index is 11.1. The van der Waals surface area contributed by atoms with E-state index in [0.717, 1.165) is 11.1 Å². The minimum atomic E-state index is -0.993. The van der Waals surface area contributed by atoms with Gasteiger partial charge in [0, 0.05) is 17.8 Å². The summed E-state index contributed by atoms with van der Waals surface area (Å²) in [4.78, 5) is 18.0. The second-order valence-electron chi connectivity index (χ2n) is 4.04. The normalized spacial score (nSPS) is 12.4. The highest BCUT2D eigenvalue weighted by molar-refractivity contribution is 5.62. The van der Waals surface area contributed by atoms with Crippen LogP contribution in [0.15, 0.2) is 35.3 Å². The molecular formula is C13H14N2O3. The van der Waals surface area contributed by atoms with E-state index in [9.17, 15) is 9.90 Å². The van der Waals surface area contributed by atoms with E-state index in [4.69, 9.17) is 5.11 Å². The fourth-order valence-electron chi connectivity index (χ4n) is 1.73. The van der Waals surface area contributed by atoms with Crippen molar-refractivity contribution >= 4 is 0 Å². The zero-order valence-electron chi connectivity index (χ0n) is 9.92. The molecule has 2 aromatic heterocycles. The molecule has 1 unspecified atom stereocenters. The monoisotopic (exact) mass is 246 g/mol. The van der Waals surface area contributed by atoms with E-state index >= 15 is 0 Å². The molecule has 0 radical (unpaired) electrons. The number of hydrogen-bond donors (Lipinski definition) is 3. The van der Waals surface area contributed by atoms with Crippen molar-refractivity contribution in [2.24, 2.45) is 0 Å². The van der Waals surface area contributed by atoms with Crippen LogP contribution in [-0.2, 0) is 0 Å². The summed E-state index contributed by atoms with van der Waals surface area (Å²) in [5.41, 5.74) is 2.49. The number of aromatic nitrogens is 2. The first-order valence-corrected chi connectivity index (χ1v) is 5.57. The molecule has 0 aliphatic rings. The largest absolute Gasteiger partial charge is 0.393 e. The van der Waals surface area contributed by atoms with Gasteiger partial charge in [-0.15, -0.1) is 0 Å². The van der Waals surface area contributed by atoms with Crippen LogP contribution >= 0.6 is 0 Å². The van der Waals surface area contributed by atoms with Crippen molar-refractivity contribution in [2.75, 3.05) is 6.61 Å². The first-order chi connectivity index (χ1) is 8.61. The average molecular weight is 246 g/mol. The summed E-state index contributed by atoms with van der Waals surface area (Å²) in [6.07, 6.45) is 0.600. The molecule has 0 bridgehead atoms. The van der Waals surface area contributed by atoms with Crippen LogP contribution in [0.2, 0.25) is 0 Å². The van der Waals surface area contributed by atoms with Gasteiger partial charge in [-0.25, -0.2) is 4.98 Å². The summed E-state index contributed by atoms with van der Waals surface area (Å²) in [6.45, 7) is 1.45. The number of aliphatic hydroxyl groups excluding tert-OH is 2. The third kappa shape index (κ3) is 2.47. The standard InChI is InChI=1S/C13H14N2O3/c1-8-5-13(18)14-6-9(8)10-3-2-4-11(15-10)12(17)7-16/h2-6,12,16-17H,7H2,1H3,(H,14,18). The molecule has 5 nitrogen and oxygen atoms in total. The second kappa shape index (κ2) is 5.12. The van der Waals surface area contributed by atoms with Gasteiger partial charge in [0.1, 0.15) is 6.10 Å². The number of aryl methyl sites for hydroxylation is 1. The van der Waals surface area contributed by atoms with Gasteiger partial charge in [0.25, 0.3) is 0 Å². The van der Waals surface area contributed by atoms with Gasteiger partial charge in [-0.2, -0.15) is 0 Å². The summed E-state index contributed by atoms with van der Waals surface area (Å²) < 4.78 is 0. The molecule has 2 aromatic rings. The molecule has 0 saturated carbocycles. The van der Waals surface area contributed by atoms with Gasteiger partial charge in [0.15, 0.2) is 0 Å². The summed E-state index contributed by atoms with van der Waals surface area (Å²) >= 11 is 0. The summed E-state index contributed by atoms with van der Waals surface area (Å²) in [7, 11) is 0. The Hall–Kier alpha value is -1.98. The maximum atomic E-state index is 11.1. The van der Waals surface area contributed by atoms with Gasteiger partial charge in [0.2, 0.25) is 5.56 Å². The van der Waals surface area contributed by atoms with Crippen molar-refractivity contribution in [1.82, 2.24) is 9.97 Å². The van der Waals surface area contributed by atoms with E-state index in [0.29, 0.717) is 11.4 Å². The van der Waals surface area contributed by atoms with Crippen molar-refractivity contribution in [3.8, 4) is 11.3 Å². The fourth-order valence-corrected chi connectivity index (χ4v) is 1.73. The Morgan fingerprint density at radius 3 is 2.89 bits per heavy atom. The molecule has 18 heavy (non-hydrogen) atoms. The van der Waals surface area contributed by atoms with Crippen LogP contribution in [0.25, 0.3) is 11.3 Å². The van der Waals surface area contributed by atoms with E-state index in [-0.39, 0.29) is 12.2 Å². The predicted molar refractivity (Wildman–Crippen MR) is 67.1 cm³/mol. The Balaban J connectivity index is 2.47. The molecule has 0 aromatic carbocycles. The lowest BCUT2D eigenvalue weighted by Gasteiger charge is -2.09. The summed E-state index contributed by atoms with van der Waals surface area (Å²) in [5.74, 6) is 0. The Morgan fingerprint density at radius 1 is 1.44 bits per heavy atom. The number of aliphatic hydroxyl groups is 2. The van der Waals surface area contributed by atoms with Crippen LogP contribution < -0.4 is 5.56 Å². The Labute approximate surface area is 104 Å². The van der Waals surface area contributed by atoms with E-state index in [1.165, 1.54) is 6.07 Å². The first kappa shape index (κ1) is 12.5. The van der Waals surface area contributed by atoms with Crippen molar-refractivity contribution in [1.29, 1.82) is 0 Å². The molecule has 0 saturated heterocycles. The van der Waals surface area contributed by atoms with Crippen molar-refractivity contribution in [3.63, 3.8) is 0 Å². The van der Waals surface area contributed by atoms with Crippen LogP contribution in [-0.4, -0.2) is 26.8 Å². The predicted octanol–water partition coefficient (Wildman–Crippen LogP) is 0.771. The summed E-state index contributed by atoms with van der Waals surface area (Å²) in [5, 5.41) is 18.4. The van der Waals surface area contributed by atoms with Crippen LogP contribution in [0.5, 0.6) is 0 Å². The van der Waals surface area contributed by atoms with Gasteiger partial charge in [-0.05, 0) is 24.6 Å². The third-order valence-electron chi connectivity index (χ3n) is 2.69. The number of pyridine rings is 2. The molecular weight excluding hydrogens is 232 g/mol. The average Bonchev–Trinajstić information content (AvgIpc) is 2.38. The summed E-state index contributed by atoms with van der Waals surface area (Å²) in [6, 6.07) is 6.67. The van der Waals surface area contributed by atoms with Gasteiger partial charge in [-0.1, -0.05) is 6.07 Å². The van der Waals surface area contributed by atoms with Crippen molar-refractivity contribution < 1.29 is 10.2 Å². The van der Waals surface area contributed by atoms with E-state index < -0.39 is 6.10 Å². The van der Waals surface area contributed by atoms with E-state index in [1.54, 1.807) is 24.4 Å². The van der Waals surface area contributed by atoms with Crippen LogP contribution in [0.1, 0.15) is 17.4 Å². The third-order valence-corrected chi connectivity index (χ3v) is 2.69. The lowest BCUT2D eigenvalue weighted by Crippen LogP contribution is -2.07. The fraction of sp³-hybridized carbons (Fsp3) is 0.231. The van der Waals surface area contributed by atoms with Crippen LogP contribution in [0.4, 0.5) is 0 Å². The van der Waals surface area contributed by atoms with E-state index in [2.05, 4.69) is 9.97 Å². The number of hydrogen-bond acceptors (Lipinski definition) is 4. The topological polar surface area (TPSA) is 86.2 Å². The molecule has 2 heterocycles.